The lowest BCUT2D eigenvalue weighted by molar-refractivity contribution is 0.444. The minimum absolute atomic E-state index is 0.552. The molecular formula is C25H36N6S. The summed E-state index contributed by atoms with van der Waals surface area (Å²) in [6.07, 6.45) is 7.55. The summed E-state index contributed by atoms with van der Waals surface area (Å²) in [7, 11) is 0. The summed E-state index contributed by atoms with van der Waals surface area (Å²) in [5.74, 6) is 3.30. The zero-order valence-corrected chi connectivity index (χ0v) is 20.3. The van der Waals surface area contributed by atoms with Gasteiger partial charge < -0.3 is 20.4 Å². The maximum Gasteiger partial charge on any atom is 0.232 e. The molecule has 32 heavy (non-hydrogen) atoms. The summed E-state index contributed by atoms with van der Waals surface area (Å²) >= 11 is 5.57. The Morgan fingerprint density at radius 2 is 1.62 bits per heavy atom. The molecule has 0 saturated carbocycles. The maximum absolute atomic E-state index is 5.57. The van der Waals surface area contributed by atoms with Gasteiger partial charge in [0.25, 0.3) is 0 Å². The molecule has 1 aromatic carbocycles. The summed E-state index contributed by atoms with van der Waals surface area (Å²) < 4.78 is 0. The van der Waals surface area contributed by atoms with E-state index in [2.05, 4.69) is 64.6 Å². The molecule has 2 N–H and O–H groups in total. The molecule has 2 saturated heterocycles. The Morgan fingerprint density at radius 1 is 0.969 bits per heavy atom. The molecule has 0 unspecified atom stereocenters. The molecular weight excluding hydrogens is 416 g/mol. The standard InChI is InChI=1S/C25H36N6S/c1-19-9-11-21(12-10-19)17-26-25(32)29-24-27-22(30-13-5-3-4-6-14-30)16-23(28-24)31-15-7-8-20(2)18-31/h9-12,16,20H,3-8,13-15,17-18H2,1-2H3,(H2,26,27,28,29,32)/t20-/m1/s1. The van der Waals surface area contributed by atoms with Gasteiger partial charge in [-0.2, -0.15) is 9.97 Å². The van der Waals surface area contributed by atoms with E-state index in [0.29, 0.717) is 23.5 Å². The number of benzene rings is 1. The Hall–Kier alpha value is -2.41. The summed E-state index contributed by atoms with van der Waals surface area (Å²) in [5, 5.41) is 7.10. The number of thiocarbonyl (C=S) groups is 1. The van der Waals surface area contributed by atoms with Gasteiger partial charge in [0.15, 0.2) is 5.11 Å². The molecule has 1 aromatic heterocycles. The topological polar surface area (TPSA) is 56.3 Å². The zero-order chi connectivity index (χ0) is 22.3. The molecule has 4 rings (SSSR count). The van der Waals surface area contributed by atoms with E-state index in [-0.39, 0.29) is 0 Å². The van der Waals surface area contributed by atoms with E-state index in [4.69, 9.17) is 22.2 Å². The molecule has 2 aromatic rings. The Balaban J connectivity index is 1.49. The van der Waals surface area contributed by atoms with Gasteiger partial charge in [0, 0.05) is 38.8 Å². The molecule has 7 heteroatoms. The highest BCUT2D eigenvalue weighted by Crippen LogP contribution is 2.27. The lowest BCUT2D eigenvalue weighted by atomic mass is 10.0. The van der Waals surface area contributed by atoms with Crippen molar-refractivity contribution < 1.29 is 0 Å². The second-order valence-electron chi connectivity index (χ2n) is 9.30. The van der Waals surface area contributed by atoms with Crippen molar-refractivity contribution in [2.24, 2.45) is 5.92 Å². The first kappa shape index (κ1) is 22.8. The van der Waals surface area contributed by atoms with Gasteiger partial charge in [0.2, 0.25) is 5.95 Å². The highest BCUT2D eigenvalue weighted by molar-refractivity contribution is 7.80. The first-order valence-electron chi connectivity index (χ1n) is 12.1. The van der Waals surface area contributed by atoms with Gasteiger partial charge in [-0.15, -0.1) is 0 Å². The van der Waals surface area contributed by atoms with Gasteiger partial charge in [-0.1, -0.05) is 49.6 Å². The minimum atomic E-state index is 0.552. The Labute approximate surface area is 197 Å². The smallest absolute Gasteiger partial charge is 0.232 e. The van der Waals surface area contributed by atoms with Crippen LogP contribution in [0.15, 0.2) is 30.3 Å². The molecule has 172 valence electrons. The summed E-state index contributed by atoms with van der Waals surface area (Å²) in [6, 6.07) is 10.7. The average Bonchev–Trinajstić information content (AvgIpc) is 3.08. The fraction of sp³-hybridized carbons (Fsp3) is 0.560. The number of rotatable bonds is 5. The quantitative estimate of drug-likeness (QED) is 0.627. The lowest BCUT2D eigenvalue weighted by Gasteiger charge is -2.33. The van der Waals surface area contributed by atoms with Crippen molar-refractivity contribution >= 4 is 34.9 Å². The maximum atomic E-state index is 5.57. The predicted octanol–water partition coefficient (Wildman–Crippen LogP) is 4.89. The van der Waals surface area contributed by atoms with Crippen molar-refractivity contribution in [2.75, 3.05) is 41.3 Å². The van der Waals surface area contributed by atoms with Crippen LogP contribution in [0, 0.1) is 12.8 Å². The van der Waals surface area contributed by atoms with Crippen LogP contribution in [0.2, 0.25) is 0 Å². The number of aromatic nitrogens is 2. The largest absolute Gasteiger partial charge is 0.358 e. The van der Waals surface area contributed by atoms with Crippen LogP contribution < -0.4 is 20.4 Å². The van der Waals surface area contributed by atoms with E-state index in [1.165, 1.54) is 49.7 Å². The molecule has 1 atom stereocenters. The molecule has 0 bridgehead atoms. The molecule has 3 heterocycles. The molecule has 0 aliphatic carbocycles. The number of anilines is 3. The van der Waals surface area contributed by atoms with E-state index < -0.39 is 0 Å². The van der Waals surface area contributed by atoms with E-state index >= 15 is 0 Å². The Kier molecular flexibility index (Phi) is 7.79. The SMILES string of the molecule is Cc1ccc(CNC(=S)Nc2nc(N3CCCCCC3)cc(N3CCC[C@@H](C)C3)n2)cc1. The van der Waals surface area contributed by atoms with Crippen molar-refractivity contribution in [3.05, 3.63) is 41.5 Å². The van der Waals surface area contributed by atoms with Crippen molar-refractivity contribution in [3.8, 4) is 0 Å². The van der Waals surface area contributed by atoms with Gasteiger partial charge in [-0.05, 0) is 56.3 Å². The molecule has 2 fully saturated rings. The van der Waals surface area contributed by atoms with Crippen LogP contribution in [-0.2, 0) is 6.54 Å². The fourth-order valence-electron chi connectivity index (χ4n) is 4.53. The van der Waals surface area contributed by atoms with Crippen LogP contribution >= 0.6 is 12.2 Å². The average molecular weight is 453 g/mol. The van der Waals surface area contributed by atoms with Crippen LogP contribution in [0.3, 0.4) is 0 Å². The van der Waals surface area contributed by atoms with Crippen LogP contribution in [0.25, 0.3) is 0 Å². The van der Waals surface area contributed by atoms with Gasteiger partial charge in [0.05, 0.1) is 0 Å². The summed E-state index contributed by atoms with van der Waals surface area (Å²) in [5.41, 5.74) is 2.45. The van der Waals surface area contributed by atoms with Crippen molar-refractivity contribution in [2.45, 2.75) is 58.9 Å². The second-order valence-corrected chi connectivity index (χ2v) is 9.70. The predicted molar refractivity (Wildman–Crippen MR) is 138 cm³/mol. The van der Waals surface area contributed by atoms with E-state index in [1.54, 1.807) is 0 Å². The number of hydrogen-bond donors (Lipinski definition) is 2. The second kappa shape index (κ2) is 10.9. The van der Waals surface area contributed by atoms with Crippen LogP contribution in [0.4, 0.5) is 17.6 Å². The van der Waals surface area contributed by atoms with Crippen LogP contribution in [0.1, 0.15) is 56.6 Å². The monoisotopic (exact) mass is 452 g/mol. The molecule has 2 aliphatic heterocycles. The Bertz CT molecular complexity index is 872. The van der Waals surface area contributed by atoms with Gasteiger partial charge >= 0.3 is 0 Å². The number of hydrogen-bond acceptors (Lipinski definition) is 5. The molecule has 0 spiro atoms. The molecule has 2 aliphatic rings. The van der Waals surface area contributed by atoms with E-state index in [1.807, 2.05) is 0 Å². The van der Waals surface area contributed by atoms with E-state index in [9.17, 15) is 0 Å². The van der Waals surface area contributed by atoms with Gasteiger partial charge in [0.1, 0.15) is 11.6 Å². The fourth-order valence-corrected chi connectivity index (χ4v) is 4.70. The number of nitrogens with zero attached hydrogens (tertiary/aromatic N) is 4. The molecule has 6 nitrogen and oxygen atoms in total. The third kappa shape index (κ3) is 6.31. The summed E-state index contributed by atoms with van der Waals surface area (Å²) in [6.45, 7) is 9.31. The van der Waals surface area contributed by atoms with Gasteiger partial charge in [-0.25, -0.2) is 0 Å². The zero-order valence-electron chi connectivity index (χ0n) is 19.4. The molecule has 0 amide bonds. The molecule has 0 radical (unpaired) electrons. The van der Waals surface area contributed by atoms with Crippen LogP contribution in [0.5, 0.6) is 0 Å². The lowest BCUT2D eigenvalue weighted by Crippen LogP contribution is -2.36. The third-order valence-electron chi connectivity index (χ3n) is 6.41. The number of nitrogens with one attached hydrogen (secondary N) is 2. The highest BCUT2D eigenvalue weighted by Gasteiger charge is 2.21. The number of aryl methyl sites for hydroxylation is 1. The third-order valence-corrected chi connectivity index (χ3v) is 6.66. The van der Waals surface area contributed by atoms with Crippen molar-refractivity contribution in [1.29, 1.82) is 0 Å². The Morgan fingerprint density at radius 3 is 2.31 bits per heavy atom. The highest BCUT2D eigenvalue weighted by atomic mass is 32.1. The minimum Gasteiger partial charge on any atom is -0.358 e. The first-order chi connectivity index (χ1) is 15.6. The summed E-state index contributed by atoms with van der Waals surface area (Å²) in [4.78, 5) is 14.6. The number of piperidine rings is 1. The first-order valence-corrected chi connectivity index (χ1v) is 12.5. The van der Waals surface area contributed by atoms with Crippen molar-refractivity contribution in [3.63, 3.8) is 0 Å². The normalized spacial score (nSPS) is 19.4. The van der Waals surface area contributed by atoms with E-state index in [0.717, 1.165) is 37.8 Å². The van der Waals surface area contributed by atoms with Gasteiger partial charge in [-0.3, -0.25) is 0 Å². The van der Waals surface area contributed by atoms with Crippen LogP contribution in [-0.4, -0.2) is 41.3 Å². The van der Waals surface area contributed by atoms with Crippen molar-refractivity contribution in [1.82, 2.24) is 15.3 Å².